The number of benzene rings is 1. The Morgan fingerprint density at radius 3 is 3.05 bits per heavy atom. The third-order valence-corrected chi connectivity index (χ3v) is 4.04. The summed E-state index contributed by atoms with van der Waals surface area (Å²) in [6.45, 7) is 1.71. The molecule has 1 aliphatic rings. The summed E-state index contributed by atoms with van der Waals surface area (Å²) in [6, 6.07) is 14.4. The van der Waals surface area contributed by atoms with Crippen molar-refractivity contribution in [2.75, 3.05) is 13.6 Å². The van der Waals surface area contributed by atoms with E-state index < -0.39 is 0 Å². The zero-order valence-electron chi connectivity index (χ0n) is 12.5. The maximum Gasteiger partial charge on any atom is 0.155 e. The number of aromatic nitrogens is 3. The van der Waals surface area contributed by atoms with Crippen LogP contribution in [0.3, 0.4) is 0 Å². The summed E-state index contributed by atoms with van der Waals surface area (Å²) in [7, 11) is 2.11. The largest absolute Gasteiger partial charge is 0.488 e. The number of hydrogen-bond donors (Lipinski definition) is 0. The lowest BCUT2D eigenvalue weighted by atomic mass is 10.1. The summed E-state index contributed by atoms with van der Waals surface area (Å²) in [4.78, 5) is 6.50. The van der Waals surface area contributed by atoms with Crippen molar-refractivity contribution in [2.24, 2.45) is 0 Å². The van der Waals surface area contributed by atoms with Gasteiger partial charge in [-0.3, -0.25) is 4.90 Å². The van der Waals surface area contributed by atoms with Gasteiger partial charge in [0.2, 0.25) is 0 Å². The van der Waals surface area contributed by atoms with Gasteiger partial charge in [0.05, 0.1) is 5.69 Å². The fraction of sp³-hybridized carbons (Fsp3) is 0.294. The van der Waals surface area contributed by atoms with Crippen LogP contribution in [0, 0.1) is 0 Å². The third kappa shape index (κ3) is 2.44. The highest BCUT2D eigenvalue weighted by atomic mass is 16.5. The quantitative estimate of drug-likeness (QED) is 0.739. The van der Waals surface area contributed by atoms with Crippen LogP contribution in [0.25, 0.3) is 5.65 Å². The number of hydrogen-bond acceptors (Lipinski definition) is 4. The molecule has 1 aromatic carbocycles. The first-order chi connectivity index (χ1) is 10.8. The Balaban J connectivity index is 1.43. The number of para-hydroxylation sites is 1. The molecule has 1 atom stereocenters. The van der Waals surface area contributed by atoms with Crippen LogP contribution >= 0.6 is 0 Å². The van der Waals surface area contributed by atoms with Crippen LogP contribution < -0.4 is 4.74 Å². The molecule has 0 amide bonds. The first-order valence-electron chi connectivity index (χ1n) is 7.50. The van der Waals surface area contributed by atoms with Crippen molar-refractivity contribution < 1.29 is 4.74 Å². The van der Waals surface area contributed by atoms with E-state index in [0.717, 1.165) is 36.6 Å². The lowest BCUT2D eigenvalue weighted by molar-refractivity contribution is 0.164. The van der Waals surface area contributed by atoms with Crippen LogP contribution in [0.1, 0.15) is 11.3 Å². The molecular formula is C17H18N4O. The van der Waals surface area contributed by atoms with E-state index in [-0.39, 0.29) is 6.10 Å². The highest BCUT2D eigenvalue weighted by Gasteiger charge is 2.23. The number of likely N-dealkylation sites (N-methyl/N-ethyl adjacent to an activating group) is 1. The Kier molecular flexibility index (Phi) is 3.27. The molecule has 0 fully saturated rings. The maximum atomic E-state index is 6.01. The van der Waals surface area contributed by atoms with Gasteiger partial charge in [-0.05, 0) is 30.8 Å². The van der Waals surface area contributed by atoms with Gasteiger partial charge in [-0.1, -0.05) is 24.3 Å². The molecule has 4 rings (SSSR count). The monoisotopic (exact) mass is 294 g/mol. The molecule has 2 aromatic heterocycles. The zero-order chi connectivity index (χ0) is 14.9. The zero-order valence-corrected chi connectivity index (χ0v) is 12.5. The van der Waals surface area contributed by atoms with Gasteiger partial charge in [0.25, 0.3) is 0 Å². The van der Waals surface area contributed by atoms with Crippen molar-refractivity contribution >= 4 is 5.65 Å². The topological polar surface area (TPSA) is 42.7 Å². The Bertz CT molecular complexity index is 773. The molecule has 1 unspecified atom stereocenters. The number of fused-ring (bicyclic) bond motifs is 2. The van der Waals surface area contributed by atoms with E-state index in [2.05, 4.69) is 40.2 Å². The summed E-state index contributed by atoms with van der Waals surface area (Å²) in [5.41, 5.74) is 3.32. The van der Waals surface area contributed by atoms with Crippen molar-refractivity contribution in [1.82, 2.24) is 19.5 Å². The van der Waals surface area contributed by atoms with Crippen LogP contribution in [-0.2, 0) is 13.0 Å². The standard InChI is InChI=1S/C17H18N4O/c1-20(10-14-6-4-8-17-18-12-19-21(14)17)11-15-9-13-5-2-3-7-16(13)22-15/h2-8,12,15H,9-11H2,1H3. The number of pyridine rings is 1. The van der Waals surface area contributed by atoms with E-state index in [0.29, 0.717) is 0 Å². The second kappa shape index (κ2) is 5.42. The molecule has 1 aliphatic heterocycles. The van der Waals surface area contributed by atoms with Crippen LogP contribution in [-0.4, -0.2) is 39.2 Å². The fourth-order valence-corrected chi connectivity index (χ4v) is 3.07. The molecule has 5 nitrogen and oxygen atoms in total. The molecule has 3 aromatic rings. The minimum absolute atomic E-state index is 0.220. The molecule has 3 heterocycles. The number of rotatable bonds is 4. The molecule has 0 radical (unpaired) electrons. The van der Waals surface area contributed by atoms with Crippen molar-refractivity contribution in [3.8, 4) is 5.75 Å². The molecule has 0 spiro atoms. The average Bonchev–Trinajstić information content (AvgIpc) is 3.12. The summed E-state index contributed by atoms with van der Waals surface area (Å²) < 4.78 is 7.90. The molecular weight excluding hydrogens is 276 g/mol. The first kappa shape index (κ1) is 13.3. The highest BCUT2D eigenvalue weighted by molar-refractivity contribution is 5.38. The lowest BCUT2D eigenvalue weighted by Crippen LogP contribution is -2.32. The molecule has 112 valence electrons. The molecule has 0 bridgehead atoms. The molecule has 0 saturated heterocycles. The van der Waals surface area contributed by atoms with Gasteiger partial charge >= 0.3 is 0 Å². The fourth-order valence-electron chi connectivity index (χ4n) is 3.07. The smallest absolute Gasteiger partial charge is 0.155 e. The van der Waals surface area contributed by atoms with Gasteiger partial charge in [-0.2, -0.15) is 5.10 Å². The number of ether oxygens (including phenoxy) is 1. The molecule has 22 heavy (non-hydrogen) atoms. The summed E-state index contributed by atoms with van der Waals surface area (Å²) >= 11 is 0. The number of nitrogens with zero attached hydrogens (tertiary/aromatic N) is 4. The molecule has 0 saturated carbocycles. The van der Waals surface area contributed by atoms with Crippen molar-refractivity contribution in [3.05, 3.63) is 60.0 Å². The van der Waals surface area contributed by atoms with Crippen molar-refractivity contribution in [2.45, 2.75) is 19.1 Å². The predicted octanol–water partition coefficient (Wildman–Crippen LogP) is 2.16. The van der Waals surface area contributed by atoms with E-state index in [9.17, 15) is 0 Å². The van der Waals surface area contributed by atoms with Crippen molar-refractivity contribution in [3.63, 3.8) is 0 Å². The van der Waals surface area contributed by atoms with Gasteiger partial charge in [0.15, 0.2) is 5.65 Å². The summed E-state index contributed by atoms with van der Waals surface area (Å²) in [5, 5.41) is 4.28. The van der Waals surface area contributed by atoms with Crippen LogP contribution in [0.4, 0.5) is 0 Å². The molecule has 0 aliphatic carbocycles. The second-order valence-corrected chi connectivity index (χ2v) is 5.80. The SMILES string of the molecule is CN(Cc1cccc2ncnn12)CC1Cc2ccccc2O1. The van der Waals surface area contributed by atoms with Gasteiger partial charge < -0.3 is 4.74 Å². The Labute approximate surface area is 129 Å². The van der Waals surface area contributed by atoms with Gasteiger partial charge in [0, 0.05) is 19.5 Å². The molecule has 5 heteroatoms. The van der Waals surface area contributed by atoms with Gasteiger partial charge in [0.1, 0.15) is 18.2 Å². The van der Waals surface area contributed by atoms with Crippen molar-refractivity contribution in [1.29, 1.82) is 0 Å². The minimum Gasteiger partial charge on any atom is -0.488 e. The van der Waals surface area contributed by atoms with E-state index in [4.69, 9.17) is 4.74 Å². The Hall–Kier alpha value is -2.40. The highest BCUT2D eigenvalue weighted by Crippen LogP contribution is 2.28. The van der Waals surface area contributed by atoms with Crippen LogP contribution in [0.5, 0.6) is 5.75 Å². The van der Waals surface area contributed by atoms with E-state index in [1.54, 1.807) is 6.33 Å². The van der Waals surface area contributed by atoms with E-state index >= 15 is 0 Å². The third-order valence-electron chi connectivity index (χ3n) is 4.04. The Morgan fingerprint density at radius 2 is 2.14 bits per heavy atom. The maximum absolute atomic E-state index is 6.01. The van der Waals surface area contributed by atoms with Gasteiger partial charge in [-0.25, -0.2) is 9.50 Å². The lowest BCUT2D eigenvalue weighted by Gasteiger charge is -2.21. The van der Waals surface area contributed by atoms with Gasteiger partial charge in [-0.15, -0.1) is 0 Å². The summed E-state index contributed by atoms with van der Waals surface area (Å²) in [5.74, 6) is 1.03. The predicted molar refractivity (Wildman–Crippen MR) is 83.9 cm³/mol. The normalized spacial score (nSPS) is 16.9. The van der Waals surface area contributed by atoms with Crippen LogP contribution in [0.15, 0.2) is 48.8 Å². The van der Waals surface area contributed by atoms with E-state index in [1.165, 1.54) is 5.56 Å². The van der Waals surface area contributed by atoms with E-state index in [1.807, 2.05) is 28.8 Å². The summed E-state index contributed by atoms with van der Waals surface area (Å²) in [6.07, 6.45) is 2.79. The minimum atomic E-state index is 0.220. The average molecular weight is 294 g/mol. The van der Waals surface area contributed by atoms with Crippen LogP contribution in [0.2, 0.25) is 0 Å². The first-order valence-corrected chi connectivity index (χ1v) is 7.50. The Morgan fingerprint density at radius 1 is 1.23 bits per heavy atom. The second-order valence-electron chi connectivity index (χ2n) is 5.80. The molecule has 0 N–H and O–H groups in total.